The predicted molar refractivity (Wildman–Crippen MR) is 61.0 cm³/mol. The van der Waals surface area contributed by atoms with E-state index in [1.165, 1.54) is 6.92 Å². The molecule has 2 nitrogen and oxygen atoms in total. The van der Waals surface area contributed by atoms with Gasteiger partial charge in [-0.05, 0) is 44.0 Å². The van der Waals surface area contributed by atoms with Crippen LogP contribution in [0, 0.1) is 0 Å². The molecule has 0 rings (SSSR count). The maximum atomic E-state index is 12.0. The van der Waals surface area contributed by atoms with Crippen LogP contribution < -0.4 is 0 Å². The maximum Gasteiger partial charge on any atom is 0.269 e. The third-order valence-corrected chi connectivity index (χ3v) is 2.34. The van der Waals surface area contributed by atoms with Gasteiger partial charge in [0, 0.05) is 14.1 Å². The van der Waals surface area contributed by atoms with Crippen LogP contribution in [0.4, 0.5) is 8.78 Å². The van der Waals surface area contributed by atoms with Crippen LogP contribution in [0.1, 0.15) is 26.2 Å². The second-order valence-corrected chi connectivity index (χ2v) is 3.86. The summed E-state index contributed by atoms with van der Waals surface area (Å²) in [4.78, 5) is 1.70. The van der Waals surface area contributed by atoms with Crippen molar-refractivity contribution >= 4 is 17.4 Å². The average Bonchev–Trinajstić information content (AvgIpc) is 2.16. The molecule has 0 aliphatic rings. The molecule has 0 bridgehead atoms. The molecule has 88 valence electrons. The zero-order valence-electron chi connectivity index (χ0n) is 9.35. The standard InChI is InChI=1S/C10H17F2NOS/c1-8(9(11)12)6-4-5-7-14-10(15)13(2)3/h4-7H2,1-3H3. The lowest BCUT2D eigenvalue weighted by Crippen LogP contribution is -2.22. The summed E-state index contributed by atoms with van der Waals surface area (Å²) in [5, 5.41) is 0.430. The first-order valence-corrected chi connectivity index (χ1v) is 5.20. The van der Waals surface area contributed by atoms with Crippen LogP contribution in [0.2, 0.25) is 0 Å². The Morgan fingerprint density at radius 1 is 1.27 bits per heavy atom. The Morgan fingerprint density at radius 3 is 2.33 bits per heavy atom. The number of allylic oxidation sites excluding steroid dienone is 1. The van der Waals surface area contributed by atoms with Crippen LogP contribution in [0.3, 0.4) is 0 Å². The van der Waals surface area contributed by atoms with Gasteiger partial charge in [-0.3, -0.25) is 0 Å². The van der Waals surface area contributed by atoms with Crippen molar-refractivity contribution in [1.29, 1.82) is 0 Å². The van der Waals surface area contributed by atoms with Crippen LogP contribution in [-0.2, 0) is 4.74 Å². The first-order chi connectivity index (χ1) is 6.95. The molecule has 0 aliphatic carbocycles. The normalized spacial score (nSPS) is 9.67. The molecule has 0 saturated heterocycles. The second-order valence-electron chi connectivity index (χ2n) is 3.51. The molecule has 0 spiro atoms. The van der Waals surface area contributed by atoms with Gasteiger partial charge in [-0.25, -0.2) is 0 Å². The maximum absolute atomic E-state index is 12.0. The highest BCUT2D eigenvalue weighted by molar-refractivity contribution is 7.80. The Labute approximate surface area is 94.9 Å². The van der Waals surface area contributed by atoms with Crippen LogP contribution in [-0.4, -0.2) is 30.8 Å². The van der Waals surface area contributed by atoms with Gasteiger partial charge >= 0.3 is 0 Å². The number of thiocarbonyl (C=S) groups is 1. The molecule has 0 aromatic rings. The Hall–Kier alpha value is -0.710. The Morgan fingerprint density at radius 2 is 1.87 bits per heavy atom. The van der Waals surface area contributed by atoms with E-state index in [2.05, 4.69) is 0 Å². The fourth-order valence-electron chi connectivity index (χ4n) is 0.875. The Balaban J connectivity index is 3.49. The summed E-state index contributed by atoms with van der Waals surface area (Å²) in [6.07, 6.45) is 0.276. The third-order valence-electron chi connectivity index (χ3n) is 1.86. The monoisotopic (exact) mass is 237 g/mol. The van der Waals surface area contributed by atoms with Crippen LogP contribution in [0.15, 0.2) is 11.7 Å². The minimum absolute atomic E-state index is 0.158. The van der Waals surface area contributed by atoms with Gasteiger partial charge in [0.15, 0.2) is 0 Å². The minimum Gasteiger partial charge on any atom is -0.471 e. The van der Waals surface area contributed by atoms with Crippen molar-refractivity contribution < 1.29 is 13.5 Å². The molecular weight excluding hydrogens is 220 g/mol. The Kier molecular flexibility index (Phi) is 7.21. The topological polar surface area (TPSA) is 12.5 Å². The van der Waals surface area contributed by atoms with Crippen molar-refractivity contribution in [1.82, 2.24) is 4.90 Å². The van der Waals surface area contributed by atoms with E-state index in [1.807, 2.05) is 0 Å². The van der Waals surface area contributed by atoms with Gasteiger partial charge in [0.05, 0.1) is 6.61 Å². The van der Waals surface area contributed by atoms with Gasteiger partial charge in [-0.15, -0.1) is 0 Å². The Bertz CT molecular complexity index is 238. The quantitative estimate of drug-likeness (QED) is 0.538. The summed E-state index contributed by atoms with van der Waals surface area (Å²) < 4.78 is 29.2. The molecule has 0 unspecified atom stereocenters. The molecule has 0 fully saturated rings. The highest BCUT2D eigenvalue weighted by Crippen LogP contribution is 2.13. The molecule has 0 N–H and O–H groups in total. The van der Waals surface area contributed by atoms with Gasteiger partial charge in [-0.2, -0.15) is 8.78 Å². The fraction of sp³-hybridized carbons (Fsp3) is 0.700. The number of nitrogens with zero attached hydrogens (tertiary/aromatic N) is 1. The van der Waals surface area contributed by atoms with Crippen LogP contribution in [0.25, 0.3) is 0 Å². The lowest BCUT2D eigenvalue weighted by Gasteiger charge is -2.14. The molecule has 0 saturated carbocycles. The summed E-state index contributed by atoms with van der Waals surface area (Å²) in [6.45, 7) is 1.93. The number of hydrogen-bond donors (Lipinski definition) is 0. The molecule has 0 aromatic heterocycles. The van der Waals surface area contributed by atoms with Gasteiger partial charge in [0.2, 0.25) is 0 Å². The van der Waals surface area contributed by atoms with Gasteiger partial charge < -0.3 is 9.64 Å². The molecule has 0 heterocycles. The fourth-order valence-corrected chi connectivity index (χ4v) is 0.959. The van der Waals surface area contributed by atoms with E-state index in [1.54, 1.807) is 19.0 Å². The summed E-state index contributed by atoms with van der Waals surface area (Å²) in [5.41, 5.74) is 0.158. The van der Waals surface area contributed by atoms with E-state index in [0.29, 0.717) is 24.6 Å². The first kappa shape index (κ1) is 14.3. The van der Waals surface area contributed by atoms with Crippen molar-refractivity contribution in [3.63, 3.8) is 0 Å². The average molecular weight is 237 g/mol. The molecule has 0 amide bonds. The lowest BCUT2D eigenvalue weighted by molar-refractivity contribution is 0.261. The minimum atomic E-state index is -1.57. The zero-order valence-corrected chi connectivity index (χ0v) is 10.2. The molecule has 0 atom stereocenters. The number of hydrogen-bond acceptors (Lipinski definition) is 2. The molecule has 15 heavy (non-hydrogen) atoms. The van der Waals surface area contributed by atoms with Gasteiger partial charge in [0.25, 0.3) is 11.3 Å². The number of rotatable bonds is 5. The lowest BCUT2D eigenvalue weighted by atomic mass is 10.1. The molecular formula is C10H17F2NOS. The van der Waals surface area contributed by atoms with E-state index >= 15 is 0 Å². The zero-order chi connectivity index (χ0) is 11.8. The summed E-state index contributed by atoms with van der Waals surface area (Å²) in [7, 11) is 3.60. The first-order valence-electron chi connectivity index (χ1n) is 4.80. The van der Waals surface area contributed by atoms with Crippen molar-refractivity contribution in [2.45, 2.75) is 26.2 Å². The van der Waals surface area contributed by atoms with E-state index in [0.717, 1.165) is 6.42 Å². The highest BCUT2D eigenvalue weighted by Gasteiger charge is 2.01. The highest BCUT2D eigenvalue weighted by atomic mass is 32.1. The van der Waals surface area contributed by atoms with Crippen LogP contribution >= 0.6 is 12.2 Å². The number of ether oxygens (including phenoxy) is 1. The molecule has 0 radical (unpaired) electrons. The molecule has 0 aliphatic heterocycles. The van der Waals surface area contributed by atoms with E-state index in [9.17, 15) is 8.78 Å². The second kappa shape index (κ2) is 7.56. The van der Waals surface area contributed by atoms with E-state index in [4.69, 9.17) is 17.0 Å². The molecule has 0 aromatic carbocycles. The number of unbranched alkanes of at least 4 members (excludes halogenated alkanes) is 1. The third kappa shape index (κ3) is 7.25. The van der Waals surface area contributed by atoms with Gasteiger partial charge in [0.1, 0.15) is 0 Å². The largest absolute Gasteiger partial charge is 0.471 e. The van der Waals surface area contributed by atoms with Crippen molar-refractivity contribution in [3.05, 3.63) is 11.7 Å². The summed E-state index contributed by atoms with van der Waals surface area (Å²) >= 11 is 4.90. The van der Waals surface area contributed by atoms with Crippen LogP contribution in [0.5, 0.6) is 0 Å². The SMILES string of the molecule is CC(CCCCOC(=S)N(C)C)=C(F)F. The van der Waals surface area contributed by atoms with Crippen molar-refractivity contribution in [2.75, 3.05) is 20.7 Å². The van der Waals surface area contributed by atoms with Gasteiger partial charge in [-0.1, -0.05) is 0 Å². The van der Waals surface area contributed by atoms with Crippen molar-refractivity contribution in [3.8, 4) is 0 Å². The molecule has 5 heteroatoms. The number of halogens is 2. The van der Waals surface area contributed by atoms with Crippen molar-refractivity contribution in [2.24, 2.45) is 0 Å². The predicted octanol–water partition coefficient (Wildman–Crippen LogP) is 3.19. The van der Waals surface area contributed by atoms with E-state index in [-0.39, 0.29) is 5.57 Å². The van der Waals surface area contributed by atoms with E-state index < -0.39 is 6.08 Å². The smallest absolute Gasteiger partial charge is 0.269 e. The summed E-state index contributed by atoms with van der Waals surface area (Å²) in [6, 6.07) is 0. The summed E-state index contributed by atoms with van der Waals surface area (Å²) in [5.74, 6) is 0.